The van der Waals surface area contributed by atoms with Gasteiger partial charge in [0.05, 0.1) is 10.6 Å². The van der Waals surface area contributed by atoms with Gasteiger partial charge in [-0.15, -0.1) is 21.5 Å². The van der Waals surface area contributed by atoms with Crippen molar-refractivity contribution in [1.82, 2.24) is 24.7 Å². The average Bonchev–Trinajstić information content (AvgIpc) is 3.18. The Hall–Kier alpha value is -2.30. The number of hydrogen-bond acceptors (Lipinski definition) is 7. The highest BCUT2D eigenvalue weighted by Gasteiger charge is 2.18. The van der Waals surface area contributed by atoms with Crippen molar-refractivity contribution in [2.45, 2.75) is 25.7 Å². The molecule has 0 aliphatic rings. The minimum atomic E-state index is -3.49. The van der Waals surface area contributed by atoms with Crippen LogP contribution in [-0.2, 0) is 10.0 Å². The molecular formula is C16H20N6O2S2. The van der Waals surface area contributed by atoms with E-state index in [1.54, 1.807) is 22.9 Å². The highest BCUT2D eigenvalue weighted by molar-refractivity contribution is 7.89. The van der Waals surface area contributed by atoms with E-state index in [9.17, 15) is 8.42 Å². The first-order valence-corrected chi connectivity index (χ1v) is 10.3. The summed E-state index contributed by atoms with van der Waals surface area (Å²) in [4.78, 5) is 2.11. The van der Waals surface area contributed by atoms with E-state index < -0.39 is 10.0 Å². The lowest BCUT2D eigenvalue weighted by molar-refractivity contribution is 0.582. The Morgan fingerprint density at radius 2 is 1.92 bits per heavy atom. The number of thiophene rings is 1. The maximum absolute atomic E-state index is 12.3. The normalized spacial score (nSPS) is 11.7. The molecule has 2 N–H and O–H groups in total. The number of anilines is 1. The number of aromatic nitrogens is 4. The molecule has 26 heavy (non-hydrogen) atoms. The SMILES string of the molecule is Cc1ccn(-c2ccc(NCCNS(=O)(=O)c3cc(C)sc3C)nn2)n1. The Morgan fingerprint density at radius 3 is 2.50 bits per heavy atom. The van der Waals surface area contributed by atoms with Gasteiger partial charge in [0.2, 0.25) is 10.0 Å². The number of nitrogens with zero attached hydrogens (tertiary/aromatic N) is 4. The van der Waals surface area contributed by atoms with Crippen LogP contribution in [0.25, 0.3) is 5.82 Å². The van der Waals surface area contributed by atoms with E-state index in [0.29, 0.717) is 23.1 Å². The van der Waals surface area contributed by atoms with E-state index in [0.717, 1.165) is 15.4 Å². The van der Waals surface area contributed by atoms with Crippen molar-refractivity contribution in [1.29, 1.82) is 0 Å². The lowest BCUT2D eigenvalue weighted by atomic mass is 10.4. The molecule has 0 atom stereocenters. The number of hydrogen-bond donors (Lipinski definition) is 2. The topological polar surface area (TPSA) is 102 Å². The van der Waals surface area contributed by atoms with Gasteiger partial charge in [-0.25, -0.2) is 17.8 Å². The molecule has 0 aliphatic heterocycles. The molecule has 3 heterocycles. The maximum Gasteiger partial charge on any atom is 0.241 e. The van der Waals surface area contributed by atoms with Gasteiger partial charge in [-0.2, -0.15) is 5.10 Å². The molecule has 0 aromatic carbocycles. The minimum absolute atomic E-state index is 0.248. The second-order valence-corrected chi connectivity index (χ2v) is 8.98. The molecule has 10 heteroatoms. The van der Waals surface area contributed by atoms with Gasteiger partial charge in [0.1, 0.15) is 5.82 Å². The molecule has 0 spiro atoms. The second-order valence-electron chi connectivity index (χ2n) is 5.78. The Kier molecular flexibility index (Phi) is 5.35. The Bertz CT molecular complexity index is 992. The summed E-state index contributed by atoms with van der Waals surface area (Å²) in [6.07, 6.45) is 1.81. The summed E-state index contributed by atoms with van der Waals surface area (Å²) in [6.45, 7) is 6.25. The molecule has 3 aromatic rings. The summed E-state index contributed by atoms with van der Waals surface area (Å²) in [5.74, 6) is 1.19. The van der Waals surface area contributed by atoms with E-state index in [1.165, 1.54) is 11.3 Å². The molecule has 0 saturated heterocycles. The van der Waals surface area contributed by atoms with Crippen LogP contribution in [0.5, 0.6) is 0 Å². The molecule has 0 radical (unpaired) electrons. The van der Waals surface area contributed by atoms with Crippen molar-refractivity contribution < 1.29 is 8.42 Å². The van der Waals surface area contributed by atoms with Gasteiger partial charge in [-0.05, 0) is 45.0 Å². The van der Waals surface area contributed by atoms with Gasteiger partial charge in [-0.3, -0.25) is 0 Å². The van der Waals surface area contributed by atoms with Crippen molar-refractivity contribution >= 4 is 27.2 Å². The van der Waals surface area contributed by atoms with Gasteiger partial charge < -0.3 is 5.32 Å². The predicted octanol–water partition coefficient (Wildman–Crippen LogP) is 2.04. The zero-order chi connectivity index (χ0) is 18.7. The van der Waals surface area contributed by atoms with Gasteiger partial charge in [0, 0.05) is 29.0 Å². The van der Waals surface area contributed by atoms with Gasteiger partial charge in [0.25, 0.3) is 0 Å². The van der Waals surface area contributed by atoms with Crippen molar-refractivity contribution in [3.05, 3.63) is 45.9 Å². The predicted molar refractivity (Wildman–Crippen MR) is 101 cm³/mol. The summed E-state index contributed by atoms with van der Waals surface area (Å²) >= 11 is 1.47. The molecule has 0 unspecified atom stereocenters. The summed E-state index contributed by atoms with van der Waals surface area (Å²) in [6, 6.07) is 7.15. The van der Waals surface area contributed by atoms with Crippen LogP contribution in [0, 0.1) is 20.8 Å². The highest BCUT2D eigenvalue weighted by Crippen LogP contribution is 2.24. The largest absolute Gasteiger partial charge is 0.367 e. The standard InChI is InChI=1S/C16H20N6O2S2/c1-11-6-9-22(21-11)16-5-4-15(19-20-16)17-7-8-18-26(23,24)14-10-12(2)25-13(14)3/h4-6,9-10,18H,7-8H2,1-3H3,(H,17,19). The monoisotopic (exact) mass is 392 g/mol. The Balaban J connectivity index is 1.53. The fourth-order valence-electron chi connectivity index (χ4n) is 2.41. The lowest BCUT2D eigenvalue weighted by Crippen LogP contribution is -2.29. The van der Waals surface area contributed by atoms with Crippen LogP contribution in [0.3, 0.4) is 0 Å². The van der Waals surface area contributed by atoms with Crippen LogP contribution >= 0.6 is 11.3 Å². The minimum Gasteiger partial charge on any atom is -0.367 e. The third-order valence-corrected chi connectivity index (χ3v) is 6.30. The molecule has 8 nitrogen and oxygen atoms in total. The van der Waals surface area contributed by atoms with Crippen LogP contribution in [0.2, 0.25) is 0 Å². The molecule has 0 saturated carbocycles. The van der Waals surface area contributed by atoms with Crippen LogP contribution < -0.4 is 10.0 Å². The maximum atomic E-state index is 12.3. The van der Waals surface area contributed by atoms with E-state index in [2.05, 4.69) is 25.3 Å². The first kappa shape index (κ1) is 18.5. The van der Waals surface area contributed by atoms with Crippen LogP contribution in [-0.4, -0.2) is 41.5 Å². The molecule has 3 rings (SSSR count). The Morgan fingerprint density at radius 1 is 1.12 bits per heavy atom. The highest BCUT2D eigenvalue weighted by atomic mass is 32.2. The third-order valence-electron chi connectivity index (χ3n) is 3.62. The van der Waals surface area contributed by atoms with E-state index in [-0.39, 0.29) is 6.54 Å². The van der Waals surface area contributed by atoms with Crippen molar-refractivity contribution in [3.63, 3.8) is 0 Å². The van der Waals surface area contributed by atoms with E-state index in [4.69, 9.17) is 0 Å². The summed E-state index contributed by atoms with van der Waals surface area (Å²) < 4.78 is 28.9. The van der Waals surface area contributed by atoms with E-state index in [1.807, 2.05) is 33.0 Å². The molecule has 0 bridgehead atoms. The fraction of sp³-hybridized carbons (Fsp3) is 0.312. The molecule has 3 aromatic heterocycles. The van der Waals surface area contributed by atoms with Gasteiger partial charge in [0.15, 0.2) is 5.82 Å². The third kappa shape index (κ3) is 4.26. The summed E-state index contributed by atoms with van der Waals surface area (Å²) in [7, 11) is -3.49. The van der Waals surface area contributed by atoms with Gasteiger partial charge >= 0.3 is 0 Å². The quantitative estimate of drug-likeness (QED) is 0.597. The molecule has 0 amide bonds. The molecular weight excluding hydrogens is 372 g/mol. The zero-order valence-electron chi connectivity index (χ0n) is 14.7. The zero-order valence-corrected chi connectivity index (χ0v) is 16.4. The molecule has 0 aliphatic carbocycles. The van der Waals surface area contributed by atoms with Crippen molar-refractivity contribution in [2.75, 3.05) is 18.4 Å². The fourth-order valence-corrected chi connectivity index (χ4v) is 5.00. The Labute approximate surface area is 156 Å². The van der Waals surface area contributed by atoms with Crippen molar-refractivity contribution in [2.24, 2.45) is 0 Å². The first-order chi connectivity index (χ1) is 12.3. The van der Waals surface area contributed by atoms with Crippen LogP contribution in [0.15, 0.2) is 35.4 Å². The summed E-state index contributed by atoms with van der Waals surface area (Å²) in [5, 5.41) is 15.5. The first-order valence-electron chi connectivity index (χ1n) is 8.02. The molecule has 138 valence electrons. The number of rotatable bonds is 7. The number of aryl methyl sites for hydroxylation is 3. The molecule has 0 fully saturated rings. The summed E-state index contributed by atoms with van der Waals surface area (Å²) in [5.41, 5.74) is 0.900. The van der Waals surface area contributed by atoms with Crippen LogP contribution in [0.1, 0.15) is 15.4 Å². The number of sulfonamides is 1. The van der Waals surface area contributed by atoms with Crippen LogP contribution in [0.4, 0.5) is 5.82 Å². The average molecular weight is 393 g/mol. The van der Waals surface area contributed by atoms with E-state index >= 15 is 0 Å². The lowest BCUT2D eigenvalue weighted by Gasteiger charge is -2.08. The smallest absolute Gasteiger partial charge is 0.241 e. The van der Waals surface area contributed by atoms with Crippen molar-refractivity contribution in [3.8, 4) is 5.82 Å². The van der Waals surface area contributed by atoms with Gasteiger partial charge in [-0.1, -0.05) is 0 Å². The number of nitrogens with one attached hydrogen (secondary N) is 2. The second kappa shape index (κ2) is 7.52.